The summed E-state index contributed by atoms with van der Waals surface area (Å²) in [7, 11) is 0. The Bertz CT molecular complexity index is 392. The topological polar surface area (TPSA) is 41.6 Å². The molecule has 0 bridgehead atoms. The third-order valence-corrected chi connectivity index (χ3v) is 4.09. The third kappa shape index (κ3) is 3.54. The van der Waals surface area contributed by atoms with Crippen molar-refractivity contribution in [2.75, 3.05) is 32.8 Å². The molecule has 1 aromatic rings. The minimum atomic E-state index is 0.184. The molecule has 0 fully saturated rings. The van der Waals surface area contributed by atoms with E-state index in [9.17, 15) is 4.79 Å². The second kappa shape index (κ2) is 6.87. The van der Waals surface area contributed by atoms with Crippen molar-refractivity contribution in [1.82, 2.24) is 10.2 Å². The van der Waals surface area contributed by atoms with Gasteiger partial charge in [-0.05, 0) is 30.4 Å². The maximum absolute atomic E-state index is 12.0. The predicted octanol–water partition coefficient (Wildman–Crippen LogP) is 1.26. The summed E-state index contributed by atoms with van der Waals surface area (Å²) >= 11 is 1.80. The molecular formula is C13H20N2O2S. The molecule has 0 atom stereocenters. The van der Waals surface area contributed by atoms with Crippen molar-refractivity contribution in [3.8, 4) is 0 Å². The van der Waals surface area contributed by atoms with Gasteiger partial charge in [0, 0.05) is 31.1 Å². The molecule has 0 saturated carbocycles. The summed E-state index contributed by atoms with van der Waals surface area (Å²) in [6.07, 6.45) is 0.998. The monoisotopic (exact) mass is 268 g/mol. The molecule has 0 radical (unpaired) electrons. The minimum Gasteiger partial charge on any atom is -0.380 e. The highest BCUT2D eigenvalue weighted by molar-refractivity contribution is 7.10. The van der Waals surface area contributed by atoms with E-state index in [1.54, 1.807) is 11.3 Å². The molecule has 2 rings (SSSR count). The molecule has 1 amide bonds. The molecule has 1 aromatic heterocycles. The van der Waals surface area contributed by atoms with Gasteiger partial charge in [0.15, 0.2) is 0 Å². The Balaban J connectivity index is 1.71. The van der Waals surface area contributed by atoms with E-state index in [2.05, 4.69) is 16.8 Å². The molecule has 2 heterocycles. The average Bonchev–Trinajstić information content (AvgIpc) is 2.85. The molecule has 1 aliphatic heterocycles. The number of fused-ring (bicyclic) bond motifs is 1. The van der Waals surface area contributed by atoms with Gasteiger partial charge in [-0.25, -0.2) is 0 Å². The maximum atomic E-state index is 12.0. The Morgan fingerprint density at radius 3 is 3.33 bits per heavy atom. The Morgan fingerprint density at radius 1 is 1.61 bits per heavy atom. The van der Waals surface area contributed by atoms with Gasteiger partial charge in [-0.3, -0.25) is 4.79 Å². The van der Waals surface area contributed by atoms with Crippen LogP contribution < -0.4 is 5.32 Å². The summed E-state index contributed by atoms with van der Waals surface area (Å²) in [6, 6.07) is 2.13. The Morgan fingerprint density at radius 2 is 2.50 bits per heavy atom. The van der Waals surface area contributed by atoms with Gasteiger partial charge < -0.3 is 15.0 Å². The molecule has 18 heavy (non-hydrogen) atoms. The Labute approximate surface area is 112 Å². The number of thiophene rings is 1. The fourth-order valence-electron chi connectivity index (χ4n) is 2.06. The number of nitrogens with one attached hydrogen (secondary N) is 1. The molecule has 1 N–H and O–H groups in total. The van der Waals surface area contributed by atoms with Gasteiger partial charge in [-0.1, -0.05) is 0 Å². The molecule has 0 aromatic carbocycles. The van der Waals surface area contributed by atoms with E-state index in [-0.39, 0.29) is 5.91 Å². The van der Waals surface area contributed by atoms with E-state index in [1.807, 2.05) is 11.8 Å². The van der Waals surface area contributed by atoms with E-state index in [1.165, 1.54) is 10.4 Å². The van der Waals surface area contributed by atoms with Gasteiger partial charge in [0.2, 0.25) is 5.91 Å². The number of carbonyl (C=O) groups excluding carboxylic acids is 1. The smallest absolute Gasteiger partial charge is 0.236 e. The van der Waals surface area contributed by atoms with Gasteiger partial charge in [0.1, 0.15) is 0 Å². The van der Waals surface area contributed by atoms with Crippen molar-refractivity contribution in [3.63, 3.8) is 0 Å². The standard InChI is InChI=1S/C13H20N2O2S/c1-2-17-7-5-14-9-13(16)15-6-3-12-11(10-15)4-8-18-12/h4,8,14H,2-3,5-7,9-10H2,1H3. The fourth-order valence-corrected chi connectivity index (χ4v) is 2.95. The van der Waals surface area contributed by atoms with Crippen LogP contribution in [0.3, 0.4) is 0 Å². The fraction of sp³-hybridized carbons (Fsp3) is 0.615. The molecule has 1 aliphatic rings. The number of rotatable bonds is 6. The summed E-state index contributed by atoms with van der Waals surface area (Å²) < 4.78 is 5.21. The first-order chi connectivity index (χ1) is 8.81. The van der Waals surface area contributed by atoms with E-state index >= 15 is 0 Å². The average molecular weight is 268 g/mol. The lowest BCUT2D eigenvalue weighted by atomic mass is 10.1. The molecule has 0 saturated heterocycles. The predicted molar refractivity (Wildman–Crippen MR) is 72.8 cm³/mol. The van der Waals surface area contributed by atoms with Crippen LogP contribution in [0.25, 0.3) is 0 Å². The first-order valence-corrected chi connectivity index (χ1v) is 7.30. The van der Waals surface area contributed by atoms with Crippen LogP contribution in [0.4, 0.5) is 0 Å². The molecule has 4 nitrogen and oxygen atoms in total. The lowest BCUT2D eigenvalue weighted by Gasteiger charge is -2.27. The number of amides is 1. The molecule has 0 aliphatic carbocycles. The van der Waals surface area contributed by atoms with Crippen LogP contribution in [-0.2, 0) is 22.5 Å². The van der Waals surface area contributed by atoms with Gasteiger partial charge >= 0.3 is 0 Å². The first-order valence-electron chi connectivity index (χ1n) is 6.42. The SMILES string of the molecule is CCOCCNCC(=O)N1CCc2sccc2C1. The number of carbonyl (C=O) groups is 1. The normalized spacial score (nSPS) is 14.6. The maximum Gasteiger partial charge on any atom is 0.236 e. The first kappa shape index (κ1) is 13.5. The number of ether oxygens (including phenoxy) is 1. The van der Waals surface area contributed by atoms with Crippen molar-refractivity contribution < 1.29 is 9.53 Å². The Kier molecular flexibility index (Phi) is 5.16. The van der Waals surface area contributed by atoms with E-state index in [0.717, 1.165) is 32.7 Å². The van der Waals surface area contributed by atoms with E-state index in [4.69, 9.17) is 4.74 Å². The zero-order chi connectivity index (χ0) is 12.8. The van der Waals surface area contributed by atoms with Crippen molar-refractivity contribution in [3.05, 3.63) is 21.9 Å². The van der Waals surface area contributed by atoms with Crippen molar-refractivity contribution in [2.45, 2.75) is 19.9 Å². The summed E-state index contributed by atoms with van der Waals surface area (Å²) in [6.45, 7) is 6.12. The zero-order valence-corrected chi connectivity index (χ0v) is 11.6. The van der Waals surface area contributed by atoms with E-state index < -0.39 is 0 Å². The van der Waals surface area contributed by atoms with Gasteiger partial charge in [0.05, 0.1) is 13.2 Å². The summed E-state index contributed by atoms with van der Waals surface area (Å²) in [4.78, 5) is 15.4. The highest BCUT2D eigenvalue weighted by Crippen LogP contribution is 2.23. The van der Waals surface area contributed by atoms with Crippen LogP contribution in [0.5, 0.6) is 0 Å². The third-order valence-electron chi connectivity index (χ3n) is 3.06. The van der Waals surface area contributed by atoms with Crippen molar-refractivity contribution in [1.29, 1.82) is 0 Å². The lowest BCUT2D eigenvalue weighted by Crippen LogP contribution is -2.41. The molecule has 0 unspecified atom stereocenters. The van der Waals surface area contributed by atoms with Crippen LogP contribution in [0.1, 0.15) is 17.4 Å². The zero-order valence-electron chi connectivity index (χ0n) is 10.8. The van der Waals surface area contributed by atoms with Gasteiger partial charge in [-0.15, -0.1) is 11.3 Å². The highest BCUT2D eigenvalue weighted by atomic mass is 32.1. The van der Waals surface area contributed by atoms with Crippen molar-refractivity contribution in [2.24, 2.45) is 0 Å². The van der Waals surface area contributed by atoms with Gasteiger partial charge in [-0.2, -0.15) is 0 Å². The quantitative estimate of drug-likeness (QED) is 0.790. The van der Waals surface area contributed by atoms with Gasteiger partial charge in [0.25, 0.3) is 0 Å². The van der Waals surface area contributed by atoms with Crippen LogP contribution >= 0.6 is 11.3 Å². The summed E-state index contributed by atoms with van der Waals surface area (Å²) in [5, 5.41) is 5.23. The lowest BCUT2D eigenvalue weighted by molar-refractivity contribution is -0.131. The number of nitrogens with zero attached hydrogens (tertiary/aromatic N) is 1. The van der Waals surface area contributed by atoms with Crippen LogP contribution in [0.2, 0.25) is 0 Å². The van der Waals surface area contributed by atoms with Crippen molar-refractivity contribution >= 4 is 17.2 Å². The minimum absolute atomic E-state index is 0.184. The van der Waals surface area contributed by atoms with Crippen LogP contribution in [0.15, 0.2) is 11.4 Å². The number of hydrogen-bond donors (Lipinski definition) is 1. The van der Waals surface area contributed by atoms with Crippen LogP contribution in [0, 0.1) is 0 Å². The van der Waals surface area contributed by atoms with E-state index in [0.29, 0.717) is 13.2 Å². The Hall–Kier alpha value is -0.910. The number of hydrogen-bond acceptors (Lipinski definition) is 4. The molecular weight excluding hydrogens is 248 g/mol. The molecule has 0 spiro atoms. The summed E-state index contributed by atoms with van der Waals surface area (Å²) in [5.74, 6) is 0.184. The van der Waals surface area contributed by atoms with Crippen LogP contribution in [-0.4, -0.2) is 43.7 Å². The molecule has 5 heteroatoms. The summed E-state index contributed by atoms with van der Waals surface area (Å²) in [5.41, 5.74) is 1.31. The largest absolute Gasteiger partial charge is 0.380 e. The highest BCUT2D eigenvalue weighted by Gasteiger charge is 2.20. The second-order valence-corrected chi connectivity index (χ2v) is 5.31. The second-order valence-electron chi connectivity index (χ2n) is 4.31. The molecule has 100 valence electrons.